The van der Waals surface area contributed by atoms with E-state index in [0.717, 1.165) is 25.3 Å². The molecule has 1 N–H and O–H groups in total. The highest BCUT2D eigenvalue weighted by atomic mass is 32.2. The molecule has 2 atom stereocenters. The Labute approximate surface area is 120 Å². The summed E-state index contributed by atoms with van der Waals surface area (Å²) in [5.41, 5.74) is -0.772. The van der Waals surface area contributed by atoms with Gasteiger partial charge in [0.2, 0.25) is 5.91 Å². The monoisotopic (exact) mass is 283 g/mol. The van der Waals surface area contributed by atoms with Crippen LogP contribution in [-0.2, 0) is 4.79 Å². The van der Waals surface area contributed by atoms with E-state index in [4.69, 9.17) is 0 Å². The van der Waals surface area contributed by atoms with Crippen LogP contribution in [0, 0.1) is 17.2 Å². The Morgan fingerprint density at radius 2 is 2.32 bits per heavy atom. The van der Waals surface area contributed by atoms with Crippen molar-refractivity contribution in [3.8, 4) is 6.07 Å². The average molecular weight is 283 g/mol. The molecule has 0 bridgehead atoms. The molecule has 0 unspecified atom stereocenters. The van der Waals surface area contributed by atoms with E-state index >= 15 is 0 Å². The smallest absolute Gasteiger partial charge is 0.235 e. The molecular formula is C14H25N3OS. The average Bonchev–Trinajstić information content (AvgIpc) is 2.38. The van der Waals surface area contributed by atoms with Crippen molar-refractivity contribution in [2.75, 3.05) is 25.4 Å². The Bertz CT molecular complexity index is 353. The molecule has 0 aromatic rings. The SMILES string of the molecule is CC[C@@H]1CN(CC(=O)N[C@](C)(C#N)C(C)C)CCS1. The molecule has 1 aliphatic rings. The second-order valence-corrected chi connectivity index (χ2v) is 7.06. The molecule has 1 aliphatic heterocycles. The maximum Gasteiger partial charge on any atom is 0.235 e. The van der Waals surface area contributed by atoms with Crippen LogP contribution >= 0.6 is 11.8 Å². The molecular weight excluding hydrogens is 258 g/mol. The summed E-state index contributed by atoms with van der Waals surface area (Å²) in [6.07, 6.45) is 1.14. The van der Waals surface area contributed by atoms with Crippen LogP contribution in [0.3, 0.4) is 0 Å². The second kappa shape index (κ2) is 7.16. The van der Waals surface area contributed by atoms with Gasteiger partial charge in [0.05, 0.1) is 12.6 Å². The second-order valence-electron chi connectivity index (χ2n) is 5.65. The van der Waals surface area contributed by atoms with Crippen molar-refractivity contribution in [3.63, 3.8) is 0 Å². The number of thioether (sulfide) groups is 1. The number of carbonyl (C=O) groups is 1. The maximum absolute atomic E-state index is 12.1. The molecule has 1 amide bonds. The minimum absolute atomic E-state index is 0.0421. The van der Waals surface area contributed by atoms with Crippen LogP contribution in [0.5, 0.6) is 0 Å². The van der Waals surface area contributed by atoms with Gasteiger partial charge in [-0.3, -0.25) is 9.69 Å². The van der Waals surface area contributed by atoms with E-state index in [2.05, 4.69) is 23.2 Å². The fraction of sp³-hybridized carbons (Fsp3) is 0.857. The molecule has 1 rings (SSSR count). The molecule has 0 aliphatic carbocycles. The van der Waals surface area contributed by atoms with Crippen molar-refractivity contribution in [2.45, 2.75) is 44.9 Å². The number of nitriles is 1. The summed E-state index contributed by atoms with van der Waals surface area (Å²) in [6, 6.07) is 2.21. The minimum atomic E-state index is -0.772. The summed E-state index contributed by atoms with van der Waals surface area (Å²) in [5, 5.41) is 12.7. The van der Waals surface area contributed by atoms with Gasteiger partial charge in [0.25, 0.3) is 0 Å². The lowest BCUT2D eigenvalue weighted by Crippen LogP contribution is -2.53. The molecule has 1 saturated heterocycles. The van der Waals surface area contributed by atoms with E-state index in [1.54, 1.807) is 6.92 Å². The summed E-state index contributed by atoms with van der Waals surface area (Å²) < 4.78 is 0. The molecule has 0 radical (unpaired) electrons. The molecule has 108 valence electrons. The molecule has 0 aromatic heterocycles. The third-order valence-electron chi connectivity index (χ3n) is 3.83. The fourth-order valence-corrected chi connectivity index (χ4v) is 3.25. The lowest BCUT2D eigenvalue weighted by atomic mass is 9.90. The van der Waals surface area contributed by atoms with E-state index in [1.807, 2.05) is 25.6 Å². The molecule has 4 nitrogen and oxygen atoms in total. The van der Waals surface area contributed by atoms with Gasteiger partial charge in [-0.2, -0.15) is 17.0 Å². The first-order valence-electron chi connectivity index (χ1n) is 6.97. The summed E-state index contributed by atoms with van der Waals surface area (Å²) in [4.78, 5) is 14.3. The predicted octanol–water partition coefficient (Wildman–Crippen LogP) is 1.87. The lowest BCUT2D eigenvalue weighted by Gasteiger charge is -2.33. The summed E-state index contributed by atoms with van der Waals surface area (Å²) in [6.45, 7) is 10.2. The van der Waals surface area contributed by atoms with E-state index < -0.39 is 5.54 Å². The molecule has 5 heteroatoms. The zero-order chi connectivity index (χ0) is 14.5. The zero-order valence-corrected chi connectivity index (χ0v) is 13.2. The van der Waals surface area contributed by atoms with Crippen molar-refractivity contribution in [3.05, 3.63) is 0 Å². The third kappa shape index (κ3) is 4.70. The minimum Gasteiger partial charge on any atom is -0.337 e. The normalized spacial score (nSPS) is 23.7. The van der Waals surface area contributed by atoms with Gasteiger partial charge in [0.15, 0.2) is 0 Å². The Kier molecular flexibility index (Phi) is 6.15. The van der Waals surface area contributed by atoms with E-state index in [-0.39, 0.29) is 11.8 Å². The van der Waals surface area contributed by atoms with Crippen molar-refractivity contribution in [1.29, 1.82) is 5.26 Å². The quantitative estimate of drug-likeness (QED) is 0.837. The summed E-state index contributed by atoms with van der Waals surface area (Å²) in [7, 11) is 0. The van der Waals surface area contributed by atoms with Crippen LogP contribution in [0.4, 0.5) is 0 Å². The Morgan fingerprint density at radius 3 is 2.84 bits per heavy atom. The van der Waals surface area contributed by atoms with E-state index in [9.17, 15) is 10.1 Å². The highest BCUT2D eigenvalue weighted by Crippen LogP contribution is 2.21. The molecule has 0 spiro atoms. The highest BCUT2D eigenvalue weighted by Gasteiger charge is 2.31. The Balaban J connectivity index is 2.49. The van der Waals surface area contributed by atoms with E-state index in [0.29, 0.717) is 11.8 Å². The van der Waals surface area contributed by atoms with Gasteiger partial charge in [-0.1, -0.05) is 20.8 Å². The number of amides is 1. The number of carbonyl (C=O) groups excluding carboxylic acids is 1. The number of hydrogen-bond acceptors (Lipinski definition) is 4. The standard InChI is InChI=1S/C14H25N3OS/c1-5-12-8-17(6-7-19-12)9-13(18)16-14(4,10-15)11(2)3/h11-12H,5-9H2,1-4H3,(H,16,18)/t12-,14-/m1/s1. The highest BCUT2D eigenvalue weighted by molar-refractivity contribution is 8.00. The van der Waals surface area contributed by atoms with Crippen LogP contribution in [0.1, 0.15) is 34.1 Å². The first-order chi connectivity index (χ1) is 8.91. The number of nitrogens with zero attached hydrogens (tertiary/aromatic N) is 2. The zero-order valence-electron chi connectivity index (χ0n) is 12.4. The largest absolute Gasteiger partial charge is 0.337 e. The molecule has 0 aromatic carbocycles. The number of rotatable bonds is 5. The van der Waals surface area contributed by atoms with Gasteiger partial charge < -0.3 is 5.32 Å². The van der Waals surface area contributed by atoms with Crippen molar-refractivity contribution in [1.82, 2.24) is 10.2 Å². The van der Waals surface area contributed by atoms with Gasteiger partial charge in [-0.25, -0.2) is 0 Å². The first kappa shape index (κ1) is 16.3. The lowest BCUT2D eigenvalue weighted by molar-refractivity contribution is -0.123. The number of hydrogen-bond donors (Lipinski definition) is 1. The Morgan fingerprint density at radius 1 is 1.63 bits per heavy atom. The molecule has 0 saturated carbocycles. The summed E-state index contributed by atoms with van der Waals surface area (Å²) >= 11 is 1.99. The van der Waals surface area contributed by atoms with E-state index in [1.165, 1.54) is 0 Å². The third-order valence-corrected chi connectivity index (χ3v) is 5.20. The van der Waals surface area contributed by atoms with Crippen molar-refractivity contribution >= 4 is 17.7 Å². The van der Waals surface area contributed by atoms with Crippen molar-refractivity contribution in [2.24, 2.45) is 5.92 Å². The molecule has 1 fully saturated rings. The van der Waals surface area contributed by atoms with Crippen molar-refractivity contribution < 1.29 is 4.79 Å². The van der Waals surface area contributed by atoms with Gasteiger partial charge in [-0.05, 0) is 19.3 Å². The van der Waals surface area contributed by atoms with Gasteiger partial charge in [0.1, 0.15) is 5.54 Å². The topological polar surface area (TPSA) is 56.1 Å². The van der Waals surface area contributed by atoms with Crippen LogP contribution in [0.2, 0.25) is 0 Å². The fourth-order valence-electron chi connectivity index (χ4n) is 2.00. The Hall–Kier alpha value is -0.730. The summed E-state index contributed by atoms with van der Waals surface area (Å²) in [5.74, 6) is 1.15. The van der Waals surface area contributed by atoms with Crippen LogP contribution in [-0.4, -0.2) is 47.0 Å². The van der Waals surface area contributed by atoms with Gasteiger partial charge >= 0.3 is 0 Å². The van der Waals surface area contributed by atoms with Crippen LogP contribution < -0.4 is 5.32 Å². The molecule has 19 heavy (non-hydrogen) atoms. The predicted molar refractivity (Wildman–Crippen MR) is 80.0 cm³/mol. The molecule has 1 heterocycles. The number of nitrogens with one attached hydrogen (secondary N) is 1. The van der Waals surface area contributed by atoms with Crippen LogP contribution in [0.15, 0.2) is 0 Å². The maximum atomic E-state index is 12.1. The van der Waals surface area contributed by atoms with Crippen LogP contribution in [0.25, 0.3) is 0 Å². The van der Waals surface area contributed by atoms with Gasteiger partial charge in [0, 0.05) is 24.1 Å². The first-order valence-corrected chi connectivity index (χ1v) is 8.02. The van der Waals surface area contributed by atoms with Gasteiger partial charge in [-0.15, -0.1) is 0 Å².